The number of carboxylic acid groups (broad SMARTS) is 1. The molecule has 84 valence electrons. The molecule has 4 nitrogen and oxygen atoms in total. The molecule has 0 atom stereocenters. The van der Waals surface area contributed by atoms with Crippen LogP contribution in [0.4, 0.5) is 0 Å². The maximum atomic E-state index is 10.00. The molecule has 0 fully saturated rings. The molecule has 0 spiro atoms. The number of quaternary nitrogens is 1. The van der Waals surface area contributed by atoms with Crippen molar-refractivity contribution in [3.63, 3.8) is 0 Å². The third-order valence-electron chi connectivity index (χ3n) is 1.37. The van der Waals surface area contributed by atoms with E-state index in [2.05, 4.69) is 0 Å². The normalized spacial score (nSPS) is 10.1. The molecule has 2 N–H and O–H groups in total. The van der Waals surface area contributed by atoms with E-state index >= 15 is 0 Å². The molecule has 15 heavy (non-hydrogen) atoms. The van der Waals surface area contributed by atoms with Gasteiger partial charge in [0.05, 0.1) is 21.1 Å². The second kappa shape index (κ2) is 6.03. The highest BCUT2D eigenvalue weighted by Crippen LogP contribution is 2.02. The molecule has 0 aromatic heterocycles. The summed E-state index contributed by atoms with van der Waals surface area (Å²) in [7, 11) is 5.52. The predicted molar refractivity (Wildman–Crippen MR) is 58.6 cm³/mol. The minimum absolute atomic E-state index is 0.181. The van der Waals surface area contributed by atoms with Crippen LogP contribution in [0, 0.1) is 0 Å². The lowest BCUT2D eigenvalue weighted by Gasteiger charge is -2.20. The Bertz CT molecular complexity index is 290. The van der Waals surface area contributed by atoms with E-state index in [1.807, 2.05) is 27.2 Å². The highest BCUT2D eigenvalue weighted by atomic mass is 16.4. The average molecular weight is 212 g/mol. The number of hydrogen-bond acceptors (Lipinski definition) is 2. The van der Waals surface area contributed by atoms with Crippen LogP contribution in [0.3, 0.4) is 0 Å². The van der Waals surface area contributed by atoms with E-state index in [9.17, 15) is 4.79 Å². The van der Waals surface area contributed by atoms with Gasteiger partial charge in [0.2, 0.25) is 0 Å². The van der Waals surface area contributed by atoms with Crippen LogP contribution in [0.1, 0.15) is 0 Å². The summed E-state index contributed by atoms with van der Waals surface area (Å²) >= 11 is 0. The number of aliphatic carboxylic acids is 1. The van der Waals surface area contributed by atoms with Crippen molar-refractivity contribution in [3.8, 4) is 5.75 Å². The summed E-state index contributed by atoms with van der Waals surface area (Å²) < 4.78 is 0.481. The first-order valence-electron chi connectivity index (χ1n) is 4.57. The molecule has 1 aromatic carbocycles. The van der Waals surface area contributed by atoms with E-state index in [4.69, 9.17) is 10.2 Å². The van der Waals surface area contributed by atoms with Crippen LogP contribution in [0.15, 0.2) is 30.3 Å². The number of phenolic OH excluding ortho intramolecular Hbond substituents is 1. The maximum Gasteiger partial charge on any atom is 0.359 e. The van der Waals surface area contributed by atoms with Gasteiger partial charge in [-0.25, -0.2) is 4.79 Å². The highest BCUT2D eigenvalue weighted by Gasteiger charge is 2.11. The van der Waals surface area contributed by atoms with Crippen LogP contribution in [-0.4, -0.2) is 48.4 Å². The van der Waals surface area contributed by atoms with Gasteiger partial charge in [-0.3, -0.25) is 0 Å². The Morgan fingerprint density at radius 2 is 1.67 bits per heavy atom. The third kappa shape index (κ3) is 10.4. The lowest BCUT2D eigenvalue weighted by atomic mass is 10.3. The number of rotatable bonds is 2. The van der Waals surface area contributed by atoms with Crippen molar-refractivity contribution in [3.05, 3.63) is 30.3 Å². The Morgan fingerprint density at radius 1 is 1.20 bits per heavy atom. The zero-order chi connectivity index (χ0) is 11.9. The SMILES string of the molecule is C[N+](C)(C)CC(=O)O.Oc1ccccc1. The summed E-state index contributed by atoms with van der Waals surface area (Å²) in [5.74, 6) is -0.431. The molecule has 0 amide bonds. The van der Waals surface area contributed by atoms with Gasteiger partial charge in [0.25, 0.3) is 0 Å². The van der Waals surface area contributed by atoms with Crippen LogP contribution in [0.5, 0.6) is 5.75 Å². The fraction of sp³-hybridized carbons (Fsp3) is 0.364. The van der Waals surface area contributed by atoms with Crippen molar-refractivity contribution in [1.82, 2.24) is 0 Å². The molecule has 1 aromatic rings. The summed E-state index contributed by atoms with van der Waals surface area (Å²) in [6.45, 7) is 0.181. The van der Waals surface area contributed by atoms with Gasteiger partial charge in [0.15, 0.2) is 6.54 Å². The molecular formula is C11H18NO3+. The van der Waals surface area contributed by atoms with E-state index < -0.39 is 5.97 Å². The van der Waals surface area contributed by atoms with Crippen LogP contribution < -0.4 is 0 Å². The lowest BCUT2D eigenvalue weighted by molar-refractivity contribution is -0.862. The Labute approximate surface area is 90.0 Å². The maximum absolute atomic E-state index is 10.00. The second-order valence-electron chi connectivity index (χ2n) is 4.18. The number of benzene rings is 1. The van der Waals surface area contributed by atoms with E-state index in [1.54, 1.807) is 24.3 Å². The summed E-state index contributed by atoms with van der Waals surface area (Å²) in [6, 6.07) is 8.71. The van der Waals surface area contributed by atoms with Crippen LogP contribution in [-0.2, 0) is 4.79 Å². The molecule has 0 saturated heterocycles. The standard InChI is InChI=1S/C6H6O.C5H11NO2/c7-6-4-2-1-3-5-6;1-6(2,3)4-5(7)8/h1-5,7H;4H2,1-3H3/p+1. The molecule has 0 saturated carbocycles. The van der Waals surface area contributed by atoms with Gasteiger partial charge in [0, 0.05) is 0 Å². The molecule has 0 aliphatic rings. The van der Waals surface area contributed by atoms with Gasteiger partial charge in [-0.1, -0.05) is 18.2 Å². The highest BCUT2D eigenvalue weighted by molar-refractivity contribution is 5.67. The van der Waals surface area contributed by atoms with Crippen LogP contribution >= 0.6 is 0 Å². The fourth-order valence-electron chi connectivity index (χ4n) is 0.834. The Balaban J connectivity index is 0.000000262. The van der Waals surface area contributed by atoms with Gasteiger partial charge in [-0.2, -0.15) is 0 Å². The van der Waals surface area contributed by atoms with Crippen molar-refractivity contribution in [2.45, 2.75) is 0 Å². The Hall–Kier alpha value is -1.55. The number of phenols is 1. The zero-order valence-electron chi connectivity index (χ0n) is 9.34. The quantitative estimate of drug-likeness (QED) is 0.723. The van der Waals surface area contributed by atoms with Crippen molar-refractivity contribution >= 4 is 5.97 Å². The first-order valence-corrected chi connectivity index (χ1v) is 4.57. The molecule has 0 bridgehead atoms. The van der Waals surface area contributed by atoms with Crippen LogP contribution in [0.2, 0.25) is 0 Å². The second-order valence-corrected chi connectivity index (χ2v) is 4.18. The molecule has 0 aliphatic heterocycles. The smallest absolute Gasteiger partial charge is 0.359 e. The monoisotopic (exact) mass is 212 g/mol. The topological polar surface area (TPSA) is 57.5 Å². The van der Waals surface area contributed by atoms with Gasteiger partial charge in [-0.05, 0) is 12.1 Å². The first-order chi connectivity index (χ1) is 6.81. The summed E-state index contributed by atoms with van der Waals surface area (Å²) in [6.07, 6.45) is 0. The molecule has 0 unspecified atom stereocenters. The molecule has 0 heterocycles. The Kier molecular flexibility index (Phi) is 5.41. The number of carboxylic acids is 1. The van der Waals surface area contributed by atoms with E-state index in [0.29, 0.717) is 10.2 Å². The molecular weight excluding hydrogens is 194 g/mol. The van der Waals surface area contributed by atoms with Crippen molar-refractivity contribution < 1.29 is 19.5 Å². The fourth-order valence-corrected chi connectivity index (χ4v) is 0.834. The number of carbonyl (C=O) groups is 1. The van der Waals surface area contributed by atoms with E-state index in [0.717, 1.165) is 0 Å². The summed E-state index contributed by atoms with van der Waals surface area (Å²) in [5.41, 5.74) is 0. The summed E-state index contributed by atoms with van der Waals surface area (Å²) in [5, 5.41) is 16.9. The molecule has 4 heteroatoms. The van der Waals surface area contributed by atoms with Crippen LogP contribution in [0.25, 0.3) is 0 Å². The minimum atomic E-state index is -0.752. The Morgan fingerprint density at radius 3 is 1.80 bits per heavy atom. The largest absolute Gasteiger partial charge is 0.508 e. The molecule has 1 rings (SSSR count). The number of para-hydroxylation sites is 1. The zero-order valence-corrected chi connectivity index (χ0v) is 9.34. The van der Waals surface area contributed by atoms with Gasteiger partial charge < -0.3 is 14.7 Å². The molecule has 0 radical (unpaired) electrons. The number of hydrogen-bond donors (Lipinski definition) is 2. The van der Waals surface area contributed by atoms with Gasteiger partial charge in [0.1, 0.15) is 5.75 Å². The van der Waals surface area contributed by atoms with Crippen molar-refractivity contribution in [1.29, 1.82) is 0 Å². The van der Waals surface area contributed by atoms with Crippen molar-refractivity contribution in [2.24, 2.45) is 0 Å². The van der Waals surface area contributed by atoms with Gasteiger partial charge in [-0.15, -0.1) is 0 Å². The predicted octanol–water partition coefficient (Wildman–Crippen LogP) is 1.17. The minimum Gasteiger partial charge on any atom is -0.508 e. The number of aromatic hydroxyl groups is 1. The molecule has 0 aliphatic carbocycles. The van der Waals surface area contributed by atoms with Crippen molar-refractivity contribution in [2.75, 3.05) is 27.7 Å². The first kappa shape index (κ1) is 13.4. The average Bonchev–Trinajstić information content (AvgIpc) is 2.01. The number of likely N-dealkylation sites (N-methyl/N-ethyl adjacent to an activating group) is 1. The number of nitrogens with zero attached hydrogens (tertiary/aromatic N) is 1. The lowest BCUT2D eigenvalue weighted by Crippen LogP contribution is -2.39. The van der Waals surface area contributed by atoms with E-state index in [-0.39, 0.29) is 6.54 Å². The third-order valence-corrected chi connectivity index (χ3v) is 1.37. The van der Waals surface area contributed by atoms with E-state index in [1.165, 1.54) is 0 Å². The van der Waals surface area contributed by atoms with Gasteiger partial charge >= 0.3 is 5.97 Å². The summed E-state index contributed by atoms with van der Waals surface area (Å²) in [4.78, 5) is 10.00.